The third kappa shape index (κ3) is 2.13. The van der Waals surface area contributed by atoms with Crippen molar-refractivity contribution >= 4 is 0 Å². The number of hydrazine groups is 1. The fraction of sp³-hybridized carbons (Fsp3) is 1.00. The van der Waals surface area contributed by atoms with Gasteiger partial charge in [-0.1, -0.05) is 58.3 Å². The molecule has 2 saturated carbocycles. The van der Waals surface area contributed by atoms with Crippen molar-refractivity contribution < 1.29 is 0 Å². The lowest BCUT2D eigenvalue weighted by Crippen LogP contribution is -2.42. The average Bonchev–Trinajstić information content (AvgIpc) is 2.97. The molecule has 0 aromatic heterocycles. The van der Waals surface area contributed by atoms with E-state index in [1.807, 2.05) is 0 Å². The van der Waals surface area contributed by atoms with Crippen LogP contribution in [0.5, 0.6) is 0 Å². The molecule has 2 aliphatic carbocycles. The molecule has 3 atom stereocenters. The van der Waals surface area contributed by atoms with Gasteiger partial charge in [-0.15, -0.1) is 0 Å². The number of rotatable bonds is 4. The molecule has 1 saturated heterocycles. The van der Waals surface area contributed by atoms with Crippen LogP contribution in [0, 0.1) is 11.8 Å². The minimum absolute atomic E-state index is 0.116. The Hall–Kier alpha value is -0.120. The van der Waals surface area contributed by atoms with Gasteiger partial charge in [0.2, 0.25) is 0 Å². The van der Waals surface area contributed by atoms with E-state index < -0.39 is 0 Å². The number of nitrogens with zero attached hydrogens (tertiary/aromatic N) is 1. The first-order valence-corrected chi connectivity index (χ1v) is 8.99. The molecule has 0 bridgehead atoms. The van der Waals surface area contributed by atoms with Crippen LogP contribution in [0.2, 0.25) is 0 Å². The van der Waals surface area contributed by atoms with E-state index in [-0.39, 0.29) is 11.2 Å². The van der Waals surface area contributed by atoms with Gasteiger partial charge in [-0.05, 0) is 37.5 Å². The minimum Gasteiger partial charge on any atom is -0.310 e. The largest absolute Gasteiger partial charge is 0.310 e. The fourth-order valence-corrected chi connectivity index (χ4v) is 5.52. The molecule has 0 spiro atoms. The highest BCUT2D eigenvalue weighted by Crippen LogP contribution is 2.59. The van der Waals surface area contributed by atoms with Crippen molar-refractivity contribution in [3.8, 4) is 0 Å². The lowest BCUT2D eigenvalue weighted by atomic mass is 9.72. The van der Waals surface area contributed by atoms with Gasteiger partial charge in [0.25, 0.3) is 0 Å². The van der Waals surface area contributed by atoms with Gasteiger partial charge in [-0.3, -0.25) is 5.84 Å². The molecule has 3 aliphatic rings. The molecule has 20 heavy (non-hydrogen) atoms. The maximum atomic E-state index is 6.84. The molecule has 0 amide bonds. The normalized spacial score (nSPS) is 43.6. The van der Waals surface area contributed by atoms with Crippen molar-refractivity contribution in [3.05, 3.63) is 0 Å². The van der Waals surface area contributed by atoms with Gasteiger partial charge in [0.15, 0.2) is 0 Å². The van der Waals surface area contributed by atoms with Crippen molar-refractivity contribution in [2.24, 2.45) is 23.4 Å². The quantitative estimate of drug-likeness (QED) is 0.611. The fourth-order valence-electron chi connectivity index (χ4n) is 5.52. The molecule has 3 fully saturated rings. The molecule has 1 aliphatic heterocycles. The number of hydrogen-bond acceptors (Lipinski definition) is 3. The summed E-state index contributed by atoms with van der Waals surface area (Å²) in [5.74, 6) is 8.00. The highest BCUT2D eigenvalue weighted by molar-refractivity contribution is 5.25. The zero-order valence-electron chi connectivity index (χ0n) is 13.2. The third-order valence-corrected chi connectivity index (χ3v) is 6.70. The monoisotopic (exact) mass is 279 g/mol. The van der Waals surface area contributed by atoms with Crippen LogP contribution in [0.4, 0.5) is 0 Å². The Bertz CT molecular complexity index is 333. The van der Waals surface area contributed by atoms with Crippen molar-refractivity contribution in [3.63, 3.8) is 0 Å². The van der Waals surface area contributed by atoms with Crippen LogP contribution in [0.3, 0.4) is 0 Å². The van der Waals surface area contributed by atoms with Crippen LogP contribution in [0.25, 0.3) is 0 Å². The number of nitrogens with two attached hydrogens (primary N) is 2. The van der Waals surface area contributed by atoms with E-state index in [1.54, 1.807) is 0 Å². The Balaban J connectivity index is 1.71. The Kier molecular flexibility index (Phi) is 4.13. The standard InChI is InChI=1S/C17H33N3/c1-2-16(15-11-7-4-8-12-15)17(18,20(16)19)13-14-9-5-3-6-10-14/h14-15H,2-13,18-19H2,1H3. The summed E-state index contributed by atoms with van der Waals surface area (Å²) in [4.78, 5) is 0. The van der Waals surface area contributed by atoms with E-state index in [0.717, 1.165) is 24.7 Å². The highest BCUT2D eigenvalue weighted by Gasteiger charge is 2.73. The summed E-state index contributed by atoms with van der Waals surface area (Å²) in [6.07, 6.45) is 16.0. The van der Waals surface area contributed by atoms with Gasteiger partial charge >= 0.3 is 0 Å². The van der Waals surface area contributed by atoms with Crippen molar-refractivity contribution in [1.29, 1.82) is 0 Å². The molecular formula is C17H33N3. The smallest absolute Gasteiger partial charge is 0.103 e. The molecule has 0 aromatic carbocycles. The van der Waals surface area contributed by atoms with E-state index in [1.165, 1.54) is 64.2 Å². The van der Waals surface area contributed by atoms with Crippen LogP contribution >= 0.6 is 0 Å². The zero-order chi connectivity index (χ0) is 14.2. The molecule has 4 N–H and O–H groups in total. The van der Waals surface area contributed by atoms with Gasteiger partial charge in [-0.2, -0.15) is 0 Å². The Morgan fingerprint density at radius 2 is 1.50 bits per heavy atom. The third-order valence-electron chi connectivity index (χ3n) is 6.70. The summed E-state index contributed by atoms with van der Waals surface area (Å²) in [7, 11) is 0. The highest BCUT2D eigenvalue weighted by atomic mass is 15.7. The van der Waals surface area contributed by atoms with E-state index in [2.05, 4.69) is 11.9 Å². The number of hydrogen-bond donors (Lipinski definition) is 2. The molecule has 3 unspecified atom stereocenters. The Morgan fingerprint density at radius 1 is 0.950 bits per heavy atom. The molecule has 3 rings (SSSR count). The predicted octanol–water partition coefficient (Wildman–Crippen LogP) is 3.53. The maximum Gasteiger partial charge on any atom is 0.103 e. The Labute approximate surface area is 124 Å². The van der Waals surface area contributed by atoms with Crippen LogP contribution in [0.15, 0.2) is 0 Å². The van der Waals surface area contributed by atoms with Crippen molar-refractivity contribution in [2.75, 3.05) is 0 Å². The second-order valence-electron chi connectivity index (χ2n) is 7.62. The lowest BCUT2D eigenvalue weighted by molar-refractivity contribution is 0.217. The summed E-state index contributed by atoms with van der Waals surface area (Å²) in [5.41, 5.74) is 6.76. The van der Waals surface area contributed by atoms with Crippen LogP contribution in [-0.2, 0) is 0 Å². The minimum atomic E-state index is -0.203. The summed E-state index contributed by atoms with van der Waals surface area (Å²) in [5, 5.41) is 2.07. The van der Waals surface area contributed by atoms with Gasteiger partial charge in [0.1, 0.15) is 5.66 Å². The van der Waals surface area contributed by atoms with Gasteiger partial charge in [-0.25, -0.2) is 5.01 Å². The molecule has 0 aromatic rings. The van der Waals surface area contributed by atoms with E-state index in [4.69, 9.17) is 11.6 Å². The summed E-state index contributed by atoms with van der Waals surface area (Å²) >= 11 is 0. The van der Waals surface area contributed by atoms with Crippen LogP contribution < -0.4 is 11.6 Å². The topological polar surface area (TPSA) is 55.0 Å². The van der Waals surface area contributed by atoms with Crippen molar-refractivity contribution in [2.45, 2.75) is 95.2 Å². The SMILES string of the molecule is CCC1(C2CCCCC2)N(N)C1(N)CC1CCCCC1. The maximum absolute atomic E-state index is 6.84. The summed E-state index contributed by atoms with van der Waals surface area (Å²) < 4.78 is 0. The van der Waals surface area contributed by atoms with Gasteiger partial charge in [0, 0.05) is 0 Å². The predicted molar refractivity (Wildman–Crippen MR) is 83.7 cm³/mol. The first kappa shape index (κ1) is 14.8. The van der Waals surface area contributed by atoms with Gasteiger partial charge < -0.3 is 5.73 Å². The van der Waals surface area contributed by atoms with Crippen LogP contribution in [0.1, 0.15) is 84.0 Å². The molecular weight excluding hydrogens is 246 g/mol. The second-order valence-corrected chi connectivity index (χ2v) is 7.62. The lowest BCUT2D eigenvalue weighted by Gasteiger charge is -2.32. The van der Waals surface area contributed by atoms with Crippen LogP contribution in [-0.4, -0.2) is 16.2 Å². The Morgan fingerprint density at radius 3 is 2.05 bits per heavy atom. The summed E-state index contributed by atoms with van der Waals surface area (Å²) in [6.45, 7) is 2.30. The summed E-state index contributed by atoms with van der Waals surface area (Å²) in [6, 6.07) is 0. The molecule has 3 nitrogen and oxygen atoms in total. The first-order chi connectivity index (χ1) is 9.65. The molecule has 1 heterocycles. The molecule has 116 valence electrons. The zero-order valence-corrected chi connectivity index (χ0v) is 13.2. The van der Waals surface area contributed by atoms with Gasteiger partial charge in [0.05, 0.1) is 5.54 Å². The van der Waals surface area contributed by atoms with E-state index in [9.17, 15) is 0 Å². The van der Waals surface area contributed by atoms with E-state index >= 15 is 0 Å². The van der Waals surface area contributed by atoms with Crippen molar-refractivity contribution in [1.82, 2.24) is 5.01 Å². The average molecular weight is 279 g/mol. The molecule has 0 radical (unpaired) electrons. The van der Waals surface area contributed by atoms with E-state index in [0.29, 0.717) is 0 Å². The first-order valence-electron chi connectivity index (χ1n) is 8.99. The second kappa shape index (κ2) is 5.58. The molecule has 3 heteroatoms.